The van der Waals surface area contributed by atoms with Gasteiger partial charge in [0.25, 0.3) is 0 Å². The van der Waals surface area contributed by atoms with Gasteiger partial charge in [0.05, 0.1) is 11.6 Å². The van der Waals surface area contributed by atoms with Crippen molar-refractivity contribution in [1.82, 2.24) is 0 Å². The second kappa shape index (κ2) is 4.03. The van der Waals surface area contributed by atoms with Crippen molar-refractivity contribution in [3.05, 3.63) is 53.8 Å². The van der Waals surface area contributed by atoms with Gasteiger partial charge in [-0.05, 0) is 29.8 Å². The van der Waals surface area contributed by atoms with Crippen molar-refractivity contribution in [2.75, 3.05) is 5.73 Å². The molecule has 2 rings (SSSR count). The Morgan fingerprint density at radius 2 is 1.88 bits per heavy atom. The Morgan fingerprint density at radius 3 is 2.56 bits per heavy atom. The van der Waals surface area contributed by atoms with Gasteiger partial charge in [-0.1, -0.05) is 18.2 Å². The van der Waals surface area contributed by atoms with Crippen LogP contribution in [0.5, 0.6) is 0 Å². The molecule has 0 spiro atoms. The van der Waals surface area contributed by atoms with Crippen LogP contribution in [0, 0.1) is 17.1 Å². The van der Waals surface area contributed by atoms with E-state index in [2.05, 4.69) is 0 Å². The molecule has 78 valence electrons. The predicted molar refractivity (Wildman–Crippen MR) is 61.0 cm³/mol. The van der Waals surface area contributed by atoms with Crippen LogP contribution >= 0.6 is 0 Å². The molecule has 0 atom stereocenters. The van der Waals surface area contributed by atoms with E-state index in [-0.39, 0.29) is 0 Å². The summed E-state index contributed by atoms with van der Waals surface area (Å²) in [6, 6.07) is 13.2. The minimum atomic E-state index is -0.412. The maximum Gasteiger partial charge on any atom is 0.132 e. The van der Waals surface area contributed by atoms with Gasteiger partial charge in [-0.2, -0.15) is 5.26 Å². The molecular weight excluding hydrogens is 203 g/mol. The van der Waals surface area contributed by atoms with E-state index in [1.54, 1.807) is 30.3 Å². The lowest BCUT2D eigenvalue weighted by atomic mass is 9.99. The SMILES string of the molecule is N#Cc1cccc(F)c1-c1cccc(N)c1. The molecule has 16 heavy (non-hydrogen) atoms. The van der Waals surface area contributed by atoms with Crippen LogP contribution < -0.4 is 5.73 Å². The summed E-state index contributed by atoms with van der Waals surface area (Å²) in [5, 5.41) is 8.93. The van der Waals surface area contributed by atoms with Gasteiger partial charge in [-0.25, -0.2) is 4.39 Å². The molecule has 2 aromatic rings. The first-order valence-electron chi connectivity index (χ1n) is 4.77. The summed E-state index contributed by atoms with van der Waals surface area (Å²) < 4.78 is 13.7. The molecule has 0 aliphatic carbocycles. The van der Waals surface area contributed by atoms with Crippen LogP contribution in [0.1, 0.15) is 5.56 Å². The van der Waals surface area contributed by atoms with Gasteiger partial charge < -0.3 is 5.73 Å². The molecule has 2 N–H and O–H groups in total. The van der Waals surface area contributed by atoms with E-state index in [9.17, 15) is 4.39 Å². The number of halogens is 1. The summed E-state index contributed by atoms with van der Waals surface area (Å²) in [6.07, 6.45) is 0. The average molecular weight is 212 g/mol. The lowest BCUT2D eigenvalue weighted by Crippen LogP contribution is -1.91. The van der Waals surface area contributed by atoms with Crippen molar-refractivity contribution in [2.45, 2.75) is 0 Å². The van der Waals surface area contributed by atoms with Crippen LogP contribution in [0.4, 0.5) is 10.1 Å². The lowest BCUT2D eigenvalue weighted by Gasteiger charge is -2.06. The zero-order chi connectivity index (χ0) is 11.5. The van der Waals surface area contributed by atoms with Crippen molar-refractivity contribution < 1.29 is 4.39 Å². The van der Waals surface area contributed by atoms with Crippen LogP contribution in [-0.2, 0) is 0 Å². The van der Waals surface area contributed by atoms with Gasteiger partial charge in [0.1, 0.15) is 5.82 Å². The van der Waals surface area contributed by atoms with E-state index in [1.165, 1.54) is 12.1 Å². The predicted octanol–water partition coefficient (Wildman–Crippen LogP) is 2.95. The fourth-order valence-corrected chi connectivity index (χ4v) is 1.60. The number of hydrogen-bond donors (Lipinski definition) is 1. The number of benzene rings is 2. The van der Waals surface area contributed by atoms with Gasteiger partial charge in [0.15, 0.2) is 0 Å². The minimum Gasteiger partial charge on any atom is -0.399 e. The first-order chi connectivity index (χ1) is 7.72. The summed E-state index contributed by atoms with van der Waals surface area (Å²) in [6.45, 7) is 0. The number of hydrogen-bond acceptors (Lipinski definition) is 2. The molecule has 2 nitrogen and oxygen atoms in total. The van der Waals surface area contributed by atoms with Crippen molar-refractivity contribution >= 4 is 5.69 Å². The van der Waals surface area contributed by atoms with E-state index in [0.29, 0.717) is 22.4 Å². The van der Waals surface area contributed by atoms with Crippen molar-refractivity contribution in [3.63, 3.8) is 0 Å². The largest absolute Gasteiger partial charge is 0.399 e. The van der Waals surface area contributed by atoms with Crippen LogP contribution in [0.25, 0.3) is 11.1 Å². The molecule has 0 aliphatic heterocycles. The molecule has 0 radical (unpaired) electrons. The zero-order valence-corrected chi connectivity index (χ0v) is 8.44. The van der Waals surface area contributed by atoms with Crippen molar-refractivity contribution in [1.29, 1.82) is 5.26 Å². The maximum absolute atomic E-state index is 13.7. The fourth-order valence-electron chi connectivity index (χ4n) is 1.60. The highest BCUT2D eigenvalue weighted by atomic mass is 19.1. The molecular formula is C13H9FN2. The summed E-state index contributed by atoms with van der Waals surface area (Å²) >= 11 is 0. The number of nitrogen functional groups attached to an aromatic ring is 1. The molecule has 0 bridgehead atoms. The Kier molecular flexibility index (Phi) is 2.57. The Morgan fingerprint density at radius 1 is 1.12 bits per heavy atom. The van der Waals surface area contributed by atoms with Gasteiger partial charge in [-0.15, -0.1) is 0 Å². The second-order valence-corrected chi connectivity index (χ2v) is 3.40. The van der Waals surface area contributed by atoms with Crippen LogP contribution in [0.3, 0.4) is 0 Å². The van der Waals surface area contributed by atoms with Crippen molar-refractivity contribution in [2.24, 2.45) is 0 Å². The van der Waals surface area contributed by atoms with Gasteiger partial charge >= 0.3 is 0 Å². The first-order valence-corrected chi connectivity index (χ1v) is 4.77. The molecule has 0 amide bonds. The fraction of sp³-hybridized carbons (Fsp3) is 0. The Hall–Kier alpha value is -2.34. The highest BCUT2D eigenvalue weighted by Gasteiger charge is 2.10. The highest BCUT2D eigenvalue weighted by molar-refractivity contribution is 5.73. The molecule has 0 fully saturated rings. The number of anilines is 1. The smallest absolute Gasteiger partial charge is 0.132 e. The van der Waals surface area contributed by atoms with E-state index < -0.39 is 5.82 Å². The Bertz CT molecular complexity index is 570. The highest BCUT2D eigenvalue weighted by Crippen LogP contribution is 2.27. The Labute approximate surface area is 92.8 Å². The molecule has 0 aliphatic rings. The van der Waals surface area contributed by atoms with Crippen LogP contribution in [0.2, 0.25) is 0 Å². The molecule has 0 saturated heterocycles. The lowest BCUT2D eigenvalue weighted by molar-refractivity contribution is 0.631. The topological polar surface area (TPSA) is 49.8 Å². The van der Waals surface area contributed by atoms with E-state index in [0.717, 1.165) is 0 Å². The number of nitriles is 1. The van der Waals surface area contributed by atoms with Gasteiger partial charge in [0, 0.05) is 11.3 Å². The number of nitrogens with two attached hydrogens (primary N) is 1. The van der Waals surface area contributed by atoms with Crippen LogP contribution in [0.15, 0.2) is 42.5 Å². The summed E-state index contributed by atoms with van der Waals surface area (Å²) in [4.78, 5) is 0. The van der Waals surface area contributed by atoms with Gasteiger partial charge in [0.2, 0.25) is 0 Å². The third-order valence-electron chi connectivity index (χ3n) is 2.31. The second-order valence-electron chi connectivity index (χ2n) is 3.40. The first kappa shape index (κ1) is 10.2. The quantitative estimate of drug-likeness (QED) is 0.739. The molecule has 2 aromatic carbocycles. The average Bonchev–Trinajstić information content (AvgIpc) is 2.28. The van der Waals surface area contributed by atoms with E-state index >= 15 is 0 Å². The zero-order valence-electron chi connectivity index (χ0n) is 8.44. The monoisotopic (exact) mass is 212 g/mol. The van der Waals surface area contributed by atoms with E-state index in [4.69, 9.17) is 11.0 Å². The van der Waals surface area contributed by atoms with Crippen LogP contribution in [-0.4, -0.2) is 0 Å². The third kappa shape index (κ3) is 1.73. The molecule has 0 aromatic heterocycles. The summed E-state index contributed by atoms with van der Waals surface area (Å²) in [5.74, 6) is -0.412. The molecule has 0 unspecified atom stereocenters. The third-order valence-corrected chi connectivity index (χ3v) is 2.31. The number of rotatable bonds is 1. The molecule has 3 heteroatoms. The van der Waals surface area contributed by atoms with Crippen molar-refractivity contribution in [3.8, 4) is 17.2 Å². The minimum absolute atomic E-state index is 0.303. The maximum atomic E-state index is 13.7. The molecule has 0 heterocycles. The summed E-state index contributed by atoms with van der Waals surface area (Å²) in [5.41, 5.74) is 7.41. The normalized spacial score (nSPS) is 9.75. The summed E-state index contributed by atoms with van der Waals surface area (Å²) in [7, 11) is 0. The van der Waals surface area contributed by atoms with Gasteiger partial charge in [-0.3, -0.25) is 0 Å². The Balaban J connectivity index is 2.69. The number of nitrogens with zero attached hydrogens (tertiary/aromatic N) is 1. The molecule has 0 saturated carbocycles. The standard InChI is InChI=1S/C13H9FN2/c14-12-6-2-4-10(8-15)13(12)9-3-1-5-11(16)7-9/h1-7H,16H2. The van der Waals surface area contributed by atoms with E-state index in [1.807, 2.05) is 6.07 Å².